The average Bonchev–Trinajstić information content (AvgIpc) is 2.86. The lowest BCUT2D eigenvalue weighted by molar-refractivity contribution is -0.124. The number of para-hydroxylation sites is 2. The summed E-state index contributed by atoms with van der Waals surface area (Å²) >= 11 is 6.21. The third-order valence-electron chi connectivity index (χ3n) is 5.76. The smallest absolute Gasteiger partial charge is 0.337 e. The van der Waals surface area contributed by atoms with Crippen LogP contribution in [-0.4, -0.2) is 22.2 Å². The molecule has 0 saturated carbocycles. The van der Waals surface area contributed by atoms with E-state index in [2.05, 4.69) is 5.32 Å². The first kappa shape index (κ1) is 24.2. The Balaban J connectivity index is 1.88. The minimum absolute atomic E-state index is 0.148. The molecule has 0 aliphatic rings. The maximum Gasteiger partial charge on any atom is 0.337 e. The van der Waals surface area contributed by atoms with Gasteiger partial charge in [-0.05, 0) is 54.4 Å². The Kier molecular flexibility index (Phi) is 7.02. The van der Waals surface area contributed by atoms with Gasteiger partial charge in [0.1, 0.15) is 17.6 Å². The number of nitrogens with one attached hydrogen (secondary N) is 1. The van der Waals surface area contributed by atoms with E-state index in [-0.39, 0.29) is 35.4 Å². The molecule has 4 aromatic rings. The number of nitrogens with zero attached hydrogens (tertiary/aromatic N) is 2. The van der Waals surface area contributed by atoms with Gasteiger partial charge in [-0.3, -0.25) is 14.2 Å². The Labute approximate surface area is 205 Å². The Morgan fingerprint density at radius 2 is 1.80 bits per heavy atom. The van der Waals surface area contributed by atoms with Crippen LogP contribution in [0.1, 0.15) is 24.9 Å². The van der Waals surface area contributed by atoms with Crippen molar-refractivity contribution in [3.63, 3.8) is 0 Å². The summed E-state index contributed by atoms with van der Waals surface area (Å²) < 4.78 is 20.9. The van der Waals surface area contributed by atoms with Gasteiger partial charge in [-0.1, -0.05) is 42.8 Å². The Bertz CT molecular complexity index is 1510. The topological polar surface area (TPSA) is 82.3 Å². The van der Waals surface area contributed by atoms with E-state index < -0.39 is 23.2 Å². The van der Waals surface area contributed by atoms with Crippen molar-refractivity contribution in [2.24, 2.45) is 0 Å². The summed E-state index contributed by atoms with van der Waals surface area (Å²) in [6.07, 6.45) is 0.265. The van der Waals surface area contributed by atoms with Gasteiger partial charge in [0.15, 0.2) is 0 Å². The van der Waals surface area contributed by atoms with Gasteiger partial charge in [-0.2, -0.15) is 0 Å². The third-order valence-corrected chi connectivity index (χ3v) is 5.99. The van der Waals surface area contributed by atoms with Crippen molar-refractivity contribution in [2.75, 3.05) is 7.11 Å². The van der Waals surface area contributed by atoms with Gasteiger partial charge in [-0.15, -0.1) is 0 Å². The van der Waals surface area contributed by atoms with Gasteiger partial charge in [-0.25, -0.2) is 13.8 Å². The molecule has 4 rings (SSSR count). The number of methoxy groups -OCH3 is 1. The second-order valence-electron chi connectivity index (χ2n) is 7.89. The molecule has 180 valence electrons. The summed E-state index contributed by atoms with van der Waals surface area (Å²) in [4.78, 5) is 40.5. The number of carbonyl (C=O) groups excluding carboxylic acids is 1. The molecule has 0 aliphatic carbocycles. The minimum atomic E-state index is -0.939. The molecular weight excluding hydrogens is 473 g/mol. The quantitative estimate of drug-likeness (QED) is 0.416. The lowest BCUT2D eigenvalue weighted by atomic mass is 10.1. The van der Waals surface area contributed by atoms with Crippen LogP contribution in [0.25, 0.3) is 16.6 Å². The number of rotatable bonds is 7. The monoisotopic (exact) mass is 495 g/mol. The number of ether oxygens (including phenoxy) is 1. The second kappa shape index (κ2) is 10.1. The van der Waals surface area contributed by atoms with Gasteiger partial charge < -0.3 is 10.1 Å². The molecule has 0 aliphatic heterocycles. The van der Waals surface area contributed by atoms with Crippen molar-refractivity contribution in [2.45, 2.75) is 25.9 Å². The normalized spacial score (nSPS) is 11.9. The number of carbonyl (C=O) groups is 1. The highest BCUT2D eigenvalue weighted by Gasteiger charge is 2.26. The van der Waals surface area contributed by atoms with E-state index in [4.69, 9.17) is 16.3 Å². The highest BCUT2D eigenvalue weighted by Crippen LogP contribution is 2.24. The number of halogens is 2. The number of hydrogen-bond acceptors (Lipinski definition) is 4. The average molecular weight is 496 g/mol. The molecule has 0 fully saturated rings. The van der Waals surface area contributed by atoms with Crippen LogP contribution in [0.4, 0.5) is 4.39 Å². The maximum atomic E-state index is 13.8. The molecule has 0 radical (unpaired) electrons. The molecule has 0 spiro atoms. The van der Waals surface area contributed by atoms with Crippen LogP contribution >= 0.6 is 11.6 Å². The Morgan fingerprint density at radius 3 is 2.49 bits per heavy atom. The minimum Gasteiger partial charge on any atom is -0.495 e. The van der Waals surface area contributed by atoms with Crippen LogP contribution in [-0.2, 0) is 11.3 Å². The van der Waals surface area contributed by atoms with E-state index in [1.54, 1.807) is 49.4 Å². The lowest BCUT2D eigenvalue weighted by Crippen LogP contribution is -2.44. The maximum absolute atomic E-state index is 13.8. The summed E-state index contributed by atoms with van der Waals surface area (Å²) in [5.41, 5.74) is -0.0320. The van der Waals surface area contributed by atoms with Crippen molar-refractivity contribution in [1.82, 2.24) is 14.5 Å². The first-order valence-electron chi connectivity index (χ1n) is 11.0. The molecule has 7 nitrogen and oxygen atoms in total. The van der Waals surface area contributed by atoms with Crippen LogP contribution in [0.2, 0.25) is 5.02 Å². The van der Waals surface area contributed by atoms with E-state index in [1.807, 2.05) is 0 Å². The van der Waals surface area contributed by atoms with Crippen molar-refractivity contribution in [3.8, 4) is 11.4 Å². The van der Waals surface area contributed by atoms with E-state index >= 15 is 0 Å². The molecule has 1 amide bonds. The molecule has 0 saturated heterocycles. The zero-order valence-corrected chi connectivity index (χ0v) is 19.9. The van der Waals surface area contributed by atoms with Crippen molar-refractivity contribution < 1.29 is 13.9 Å². The molecule has 3 aromatic carbocycles. The number of fused-ring (bicyclic) bond motifs is 1. The molecule has 1 atom stereocenters. The van der Waals surface area contributed by atoms with Gasteiger partial charge in [0.2, 0.25) is 5.91 Å². The summed E-state index contributed by atoms with van der Waals surface area (Å²) in [7, 11) is 1.45. The molecular formula is C26H23ClFN3O4. The van der Waals surface area contributed by atoms with Gasteiger partial charge in [0.25, 0.3) is 5.56 Å². The van der Waals surface area contributed by atoms with Gasteiger partial charge in [0.05, 0.1) is 23.7 Å². The van der Waals surface area contributed by atoms with E-state index in [1.165, 1.54) is 35.9 Å². The summed E-state index contributed by atoms with van der Waals surface area (Å²) in [6, 6.07) is 16.1. The van der Waals surface area contributed by atoms with Crippen LogP contribution < -0.4 is 21.3 Å². The third kappa shape index (κ3) is 4.70. The fourth-order valence-corrected chi connectivity index (χ4v) is 4.19. The number of benzene rings is 3. The predicted octanol–water partition coefficient (Wildman–Crippen LogP) is 4.22. The van der Waals surface area contributed by atoms with Crippen LogP contribution in [0.15, 0.2) is 76.3 Å². The first-order valence-corrected chi connectivity index (χ1v) is 11.4. The second-order valence-corrected chi connectivity index (χ2v) is 8.33. The molecule has 1 heterocycles. The van der Waals surface area contributed by atoms with E-state index in [0.29, 0.717) is 16.3 Å². The Morgan fingerprint density at radius 1 is 1.09 bits per heavy atom. The largest absolute Gasteiger partial charge is 0.495 e. The number of hydrogen-bond donors (Lipinski definition) is 1. The van der Waals surface area contributed by atoms with Gasteiger partial charge in [0, 0.05) is 11.6 Å². The number of amides is 1. The van der Waals surface area contributed by atoms with E-state index in [9.17, 15) is 18.8 Å². The predicted molar refractivity (Wildman–Crippen MR) is 133 cm³/mol. The van der Waals surface area contributed by atoms with Crippen LogP contribution in [0.3, 0.4) is 0 Å². The summed E-state index contributed by atoms with van der Waals surface area (Å²) in [5.74, 6) is -0.467. The van der Waals surface area contributed by atoms with Crippen molar-refractivity contribution in [1.29, 1.82) is 0 Å². The fourth-order valence-electron chi connectivity index (χ4n) is 4.03. The standard InChI is InChI=1S/C26H23ClFN3O4/c1-3-20(24(32)29-15-16-8-11-18(28)12-9-16)30-22-14-17(27)10-13-19(22)25(33)31(26(30)34)21-6-4-5-7-23(21)35-2/h4-14,20H,3,15H2,1-2H3,(H,29,32). The first-order chi connectivity index (χ1) is 16.8. The molecule has 9 heteroatoms. The molecule has 1 N–H and O–H groups in total. The SMILES string of the molecule is CCC(C(=O)NCc1ccc(F)cc1)n1c(=O)n(-c2ccccc2OC)c(=O)c2ccc(Cl)cc21. The van der Waals surface area contributed by atoms with Crippen molar-refractivity contribution in [3.05, 3.63) is 104 Å². The molecule has 35 heavy (non-hydrogen) atoms. The molecule has 0 bridgehead atoms. The van der Waals surface area contributed by atoms with Crippen LogP contribution in [0.5, 0.6) is 5.75 Å². The molecule has 1 aromatic heterocycles. The fraction of sp³-hybridized carbons (Fsp3) is 0.192. The zero-order chi connectivity index (χ0) is 25.1. The van der Waals surface area contributed by atoms with Crippen LogP contribution in [0, 0.1) is 5.82 Å². The number of aromatic nitrogens is 2. The lowest BCUT2D eigenvalue weighted by Gasteiger charge is -2.22. The summed E-state index contributed by atoms with van der Waals surface area (Å²) in [5, 5.41) is 3.35. The van der Waals surface area contributed by atoms with Crippen molar-refractivity contribution >= 4 is 28.4 Å². The highest BCUT2D eigenvalue weighted by molar-refractivity contribution is 6.31. The van der Waals surface area contributed by atoms with Gasteiger partial charge >= 0.3 is 5.69 Å². The zero-order valence-electron chi connectivity index (χ0n) is 19.1. The summed E-state index contributed by atoms with van der Waals surface area (Å²) in [6.45, 7) is 1.92. The highest BCUT2D eigenvalue weighted by atomic mass is 35.5. The molecule has 1 unspecified atom stereocenters. The van der Waals surface area contributed by atoms with E-state index in [0.717, 1.165) is 4.57 Å². The Hall–Kier alpha value is -3.91.